The predicted octanol–water partition coefficient (Wildman–Crippen LogP) is 10.9. The van der Waals surface area contributed by atoms with Crippen molar-refractivity contribution in [2.45, 2.75) is 55.7 Å². The maximum absolute atomic E-state index is 2.45. The van der Waals surface area contributed by atoms with Gasteiger partial charge in [0.2, 0.25) is 0 Å². The summed E-state index contributed by atoms with van der Waals surface area (Å²) in [5, 5.41) is 2.63. The Morgan fingerprint density at radius 2 is 1.37 bits per heavy atom. The van der Waals surface area contributed by atoms with Crippen LogP contribution in [0.5, 0.6) is 0 Å². The summed E-state index contributed by atoms with van der Waals surface area (Å²) in [5.41, 5.74) is 11.6. The van der Waals surface area contributed by atoms with Gasteiger partial charge < -0.3 is 9.47 Å². The fraction of sp³-hybridized carbons (Fsp3) is 0.211. The smallest absolute Gasteiger partial charge is 0.0510 e. The molecule has 0 unspecified atom stereocenters. The molecule has 0 fully saturated rings. The highest BCUT2D eigenvalue weighted by molar-refractivity contribution is 7.99. The molecule has 1 aliphatic heterocycles. The van der Waals surface area contributed by atoms with E-state index in [-0.39, 0.29) is 5.41 Å². The Hall–Kier alpha value is -3.95. The highest BCUT2D eigenvalue weighted by atomic mass is 32.2. The topological polar surface area (TPSA) is 8.17 Å². The largest absolute Gasteiger partial charge is 0.344 e. The average Bonchev–Trinajstić information content (AvgIpc) is 3.24. The van der Waals surface area contributed by atoms with Crippen LogP contribution in [0.25, 0.3) is 21.8 Å². The number of hydrogen-bond acceptors (Lipinski definition) is 2. The van der Waals surface area contributed by atoms with Crippen LogP contribution < -0.4 is 4.90 Å². The Morgan fingerprint density at radius 1 is 0.683 bits per heavy atom. The minimum absolute atomic E-state index is 0.123. The molecule has 0 saturated carbocycles. The van der Waals surface area contributed by atoms with Crippen LogP contribution >= 0.6 is 11.8 Å². The molecule has 0 atom stereocenters. The first kappa shape index (κ1) is 26.0. The summed E-state index contributed by atoms with van der Waals surface area (Å²) in [5.74, 6) is 0. The maximum Gasteiger partial charge on any atom is 0.0510 e. The van der Waals surface area contributed by atoms with Crippen molar-refractivity contribution in [1.29, 1.82) is 0 Å². The molecular formula is C38H36N2S. The quantitative estimate of drug-likeness (QED) is 0.210. The van der Waals surface area contributed by atoms with E-state index >= 15 is 0 Å². The van der Waals surface area contributed by atoms with Crippen LogP contribution in [0, 0.1) is 6.92 Å². The van der Waals surface area contributed by atoms with Crippen LogP contribution in [0.3, 0.4) is 0 Å². The van der Waals surface area contributed by atoms with Gasteiger partial charge in [-0.05, 0) is 84.1 Å². The van der Waals surface area contributed by atoms with Gasteiger partial charge in [-0.25, -0.2) is 0 Å². The first-order valence-electron chi connectivity index (χ1n) is 14.7. The van der Waals surface area contributed by atoms with E-state index in [1.165, 1.54) is 70.9 Å². The van der Waals surface area contributed by atoms with Crippen LogP contribution in [-0.2, 0) is 18.9 Å². The molecule has 0 aliphatic carbocycles. The van der Waals surface area contributed by atoms with Gasteiger partial charge in [0.1, 0.15) is 0 Å². The normalized spacial score (nSPS) is 13.9. The fourth-order valence-electron chi connectivity index (χ4n) is 6.69. The average molecular weight is 553 g/mol. The van der Waals surface area contributed by atoms with E-state index in [0.717, 1.165) is 12.8 Å². The molecule has 0 spiro atoms. The second-order valence-electron chi connectivity index (χ2n) is 11.9. The van der Waals surface area contributed by atoms with Gasteiger partial charge in [0, 0.05) is 49.7 Å². The molecule has 2 heterocycles. The zero-order valence-corrected chi connectivity index (χ0v) is 25.3. The minimum Gasteiger partial charge on any atom is -0.344 e. The summed E-state index contributed by atoms with van der Waals surface area (Å²) in [6, 6.07) is 38.3. The lowest BCUT2D eigenvalue weighted by atomic mass is 9.73. The van der Waals surface area contributed by atoms with Crippen molar-refractivity contribution < 1.29 is 0 Å². The number of nitrogens with zero attached hydrogens (tertiary/aromatic N) is 2. The number of fused-ring (bicyclic) bond motifs is 5. The van der Waals surface area contributed by atoms with Crippen LogP contribution in [0.2, 0.25) is 0 Å². The lowest BCUT2D eigenvalue weighted by Gasteiger charge is -2.42. The number of anilines is 3. The Labute approximate surface area is 247 Å². The zero-order valence-electron chi connectivity index (χ0n) is 24.5. The number of aryl methyl sites for hydroxylation is 3. The third-order valence-electron chi connectivity index (χ3n) is 8.88. The fourth-order valence-corrected chi connectivity index (χ4v) is 7.77. The molecule has 2 nitrogen and oxygen atoms in total. The molecule has 41 heavy (non-hydrogen) atoms. The predicted molar refractivity (Wildman–Crippen MR) is 177 cm³/mol. The molecule has 0 saturated heterocycles. The van der Waals surface area contributed by atoms with E-state index in [4.69, 9.17) is 0 Å². The third-order valence-corrected chi connectivity index (χ3v) is 10.2. The van der Waals surface area contributed by atoms with Gasteiger partial charge in [-0.1, -0.05) is 93.6 Å². The number of hydrogen-bond donors (Lipinski definition) is 0. The highest BCUT2D eigenvalue weighted by Crippen LogP contribution is 2.53. The summed E-state index contributed by atoms with van der Waals surface area (Å²) in [4.78, 5) is 5.15. The first-order valence-corrected chi connectivity index (χ1v) is 15.5. The van der Waals surface area contributed by atoms with Crippen LogP contribution in [0.15, 0.2) is 113 Å². The van der Waals surface area contributed by atoms with Gasteiger partial charge in [-0.15, -0.1) is 0 Å². The summed E-state index contributed by atoms with van der Waals surface area (Å²) < 4.78 is 2.40. The van der Waals surface area contributed by atoms with Crippen molar-refractivity contribution in [1.82, 2.24) is 4.57 Å². The SMILES string of the molecule is CCCc1ccccc1Sc1cc2c(cc1C)c1cc3c(cc1n2C)C(C)(C)c1ccccc1N3c1ccccc1. The lowest BCUT2D eigenvalue weighted by molar-refractivity contribution is 0.632. The minimum atomic E-state index is -0.123. The van der Waals surface area contributed by atoms with Crippen molar-refractivity contribution in [2.24, 2.45) is 7.05 Å². The first-order chi connectivity index (χ1) is 19.9. The Bertz CT molecular complexity index is 1930. The van der Waals surface area contributed by atoms with Gasteiger partial charge in [-0.3, -0.25) is 0 Å². The van der Waals surface area contributed by atoms with Crippen LogP contribution in [0.1, 0.15) is 49.4 Å². The molecule has 0 N–H and O–H groups in total. The maximum atomic E-state index is 2.45. The molecule has 1 aromatic heterocycles. The zero-order chi connectivity index (χ0) is 28.3. The highest BCUT2D eigenvalue weighted by Gasteiger charge is 2.37. The van der Waals surface area contributed by atoms with Crippen molar-refractivity contribution in [3.05, 3.63) is 125 Å². The molecule has 5 aromatic carbocycles. The van der Waals surface area contributed by atoms with Crippen LogP contribution in [0.4, 0.5) is 17.1 Å². The number of rotatable bonds is 5. The van der Waals surface area contributed by atoms with Gasteiger partial charge in [0.15, 0.2) is 0 Å². The summed E-state index contributed by atoms with van der Waals surface area (Å²) in [6.07, 6.45) is 2.27. The van der Waals surface area contributed by atoms with E-state index in [2.05, 4.69) is 147 Å². The Morgan fingerprint density at radius 3 is 2.17 bits per heavy atom. The van der Waals surface area contributed by atoms with E-state index in [0.29, 0.717) is 0 Å². The van der Waals surface area contributed by atoms with E-state index in [9.17, 15) is 0 Å². The molecule has 6 aromatic rings. The van der Waals surface area contributed by atoms with Gasteiger partial charge in [-0.2, -0.15) is 0 Å². The summed E-state index contributed by atoms with van der Waals surface area (Å²) in [6.45, 7) is 9.26. The van der Waals surface area contributed by atoms with Gasteiger partial charge in [0.05, 0.1) is 11.4 Å². The van der Waals surface area contributed by atoms with E-state index < -0.39 is 0 Å². The Kier molecular flexibility index (Phi) is 6.24. The molecule has 204 valence electrons. The Balaban J connectivity index is 1.45. The van der Waals surface area contributed by atoms with E-state index in [1.54, 1.807) is 0 Å². The molecule has 3 heteroatoms. The van der Waals surface area contributed by atoms with Gasteiger partial charge >= 0.3 is 0 Å². The second kappa shape index (κ2) is 9.85. The summed E-state index contributed by atoms with van der Waals surface area (Å²) in [7, 11) is 2.23. The molecule has 0 amide bonds. The van der Waals surface area contributed by atoms with Crippen LogP contribution in [-0.4, -0.2) is 4.57 Å². The molecule has 0 bridgehead atoms. The van der Waals surface area contributed by atoms with Crippen molar-refractivity contribution in [3.63, 3.8) is 0 Å². The number of para-hydroxylation sites is 2. The second-order valence-corrected chi connectivity index (χ2v) is 12.9. The summed E-state index contributed by atoms with van der Waals surface area (Å²) >= 11 is 1.91. The molecule has 1 aliphatic rings. The molecule has 0 radical (unpaired) electrons. The van der Waals surface area contributed by atoms with Gasteiger partial charge in [0.25, 0.3) is 0 Å². The number of aromatic nitrogens is 1. The van der Waals surface area contributed by atoms with Crippen molar-refractivity contribution >= 4 is 50.6 Å². The number of benzene rings is 5. The standard InChI is InChI=1S/C38H36N2S/c1-6-14-26-15-10-13-20-36(26)41-37-24-34-28(21-25(37)2)29-22-35-31(23-33(29)39(34)5)38(3,4)30-18-11-12-19-32(30)40(35)27-16-8-7-9-17-27/h7-13,15-24H,6,14H2,1-5H3. The van der Waals surface area contributed by atoms with Crippen molar-refractivity contribution in [2.75, 3.05) is 4.90 Å². The molecule has 7 rings (SSSR count). The monoisotopic (exact) mass is 552 g/mol. The van der Waals surface area contributed by atoms with E-state index in [1.807, 2.05) is 11.8 Å². The molecular weight excluding hydrogens is 516 g/mol. The lowest BCUT2D eigenvalue weighted by Crippen LogP contribution is -2.30. The third kappa shape index (κ3) is 4.09. The van der Waals surface area contributed by atoms with Crippen molar-refractivity contribution in [3.8, 4) is 0 Å².